The maximum absolute atomic E-state index is 12.3. The molecule has 154 valence electrons. The molecule has 2 N–H and O–H groups in total. The van der Waals surface area contributed by atoms with Crippen LogP contribution in [0.4, 0.5) is 0 Å². The van der Waals surface area contributed by atoms with E-state index in [0.29, 0.717) is 38.8 Å². The Hall–Kier alpha value is -2.10. The molecular weight excluding hydrogens is 378 g/mol. The number of nitrogens with one attached hydrogen (secondary N) is 2. The van der Waals surface area contributed by atoms with Gasteiger partial charge in [0.15, 0.2) is 5.96 Å². The number of nitrogens with zero attached hydrogens (tertiary/aromatic N) is 3. The van der Waals surface area contributed by atoms with Gasteiger partial charge in [0.1, 0.15) is 0 Å². The molecule has 8 nitrogen and oxygen atoms in total. The van der Waals surface area contributed by atoms with Crippen LogP contribution in [0.5, 0.6) is 0 Å². The lowest BCUT2D eigenvalue weighted by Gasteiger charge is -2.26. The SMILES string of the molecule is CN=C(NCCCn1ccc2ccccc21)NCCS(=O)(=O)N1CCOCC1. The quantitative estimate of drug-likeness (QED) is 0.385. The molecule has 0 saturated carbocycles. The standard InChI is InChI=1S/C19H29N5O3S/c1-20-19(22-9-16-28(25,26)24-12-14-27-15-13-24)21-8-4-10-23-11-7-17-5-2-3-6-18(17)23/h2-3,5-7,11H,4,8-10,12-16H2,1H3,(H2,20,21,22). The molecule has 0 spiro atoms. The maximum atomic E-state index is 12.3. The molecule has 28 heavy (non-hydrogen) atoms. The molecule has 0 atom stereocenters. The Morgan fingerprint density at radius 1 is 1.14 bits per heavy atom. The van der Waals surface area contributed by atoms with E-state index in [1.165, 1.54) is 15.2 Å². The Bertz CT molecular complexity index is 888. The molecule has 0 radical (unpaired) electrons. The lowest BCUT2D eigenvalue weighted by atomic mass is 10.2. The topological polar surface area (TPSA) is 88.0 Å². The third kappa shape index (κ3) is 5.46. The van der Waals surface area contributed by atoms with Crippen LogP contribution in [0.3, 0.4) is 0 Å². The summed E-state index contributed by atoms with van der Waals surface area (Å²) in [5.74, 6) is 0.665. The molecule has 0 aliphatic carbocycles. The molecule has 1 aliphatic rings. The molecular formula is C19H29N5O3S. The Kier molecular flexibility index (Phi) is 7.30. The second-order valence-electron chi connectivity index (χ2n) is 6.67. The fourth-order valence-corrected chi connectivity index (χ4v) is 4.59. The van der Waals surface area contributed by atoms with Gasteiger partial charge in [0.05, 0.1) is 19.0 Å². The molecule has 1 aliphatic heterocycles. The molecule has 9 heteroatoms. The van der Waals surface area contributed by atoms with E-state index in [4.69, 9.17) is 4.74 Å². The monoisotopic (exact) mass is 407 g/mol. The number of hydrogen-bond acceptors (Lipinski definition) is 4. The number of fused-ring (bicyclic) bond motifs is 1. The summed E-state index contributed by atoms with van der Waals surface area (Å²) in [5, 5.41) is 7.57. The molecule has 2 aromatic rings. The minimum atomic E-state index is -3.26. The normalized spacial score (nSPS) is 16.4. The van der Waals surface area contributed by atoms with E-state index in [-0.39, 0.29) is 5.75 Å². The molecule has 1 aromatic heterocycles. The summed E-state index contributed by atoms with van der Waals surface area (Å²) in [6.45, 7) is 3.78. The van der Waals surface area contributed by atoms with Crippen molar-refractivity contribution in [2.24, 2.45) is 4.99 Å². The molecule has 0 amide bonds. The summed E-state index contributed by atoms with van der Waals surface area (Å²) in [5.41, 5.74) is 1.23. The minimum Gasteiger partial charge on any atom is -0.379 e. The minimum absolute atomic E-state index is 0.0447. The third-order valence-corrected chi connectivity index (χ3v) is 6.66. The Balaban J connectivity index is 1.37. The van der Waals surface area contributed by atoms with Crippen molar-refractivity contribution in [3.8, 4) is 0 Å². The number of para-hydroxylation sites is 1. The Morgan fingerprint density at radius 3 is 2.68 bits per heavy atom. The van der Waals surface area contributed by atoms with Gasteiger partial charge >= 0.3 is 0 Å². The fourth-order valence-electron chi connectivity index (χ4n) is 3.26. The van der Waals surface area contributed by atoms with Gasteiger partial charge in [-0.3, -0.25) is 4.99 Å². The number of ether oxygens (including phenoxy) is 1. The highest BCUT2D eigenvalue weighted by molar-refractivity contribution is 7.89. The van der Waals surface area contributed by atoms with Crippen LogP contribution in [0.25, 0.3) is 10.9 Å². The van der Waals surface area contributed by atoms with Gasteiger partial charge < -0.3 is 19.9 Å². The molecule has 0 unspecified atom stereocenters. The largest absolute Gasteiger partial charge is 0.379 e. The average Bonchev–Trinajstić information content (AvgIpc) is 3.13. The van der Waals surface area contributed by atoms with Crippen LogP contribution in [0.15, 0.2) is 41.5 Å². The van der Waals surface area contributed by atoms with E-state index in [9.17, 15) is 8.42 Å². The molecule has 3 rings (SSSR count). The number of hydrogen-bond donors (Lipinski definition) is 2. The van der Waals surface area contributed by atoms with E-state index in [1.807, 2.05) is 12.1 Å². The summed E-state index contributed by atoms with van der Waals surface area (Å²) in [4.78, 5) is 4.16. The van der Waals surface area contributed by atoms with E-state index in [2.05, 4.69) is 44.6 Å². The highest BCUT2D eigenvalue weighted by Crippen LogP contribution is 2.15. The summed E-state index contributed by atoms with van der Waals surface area (Å²) >= 11 is 0. The van der Waals surface area contributed by atoms with Gasteiger partial charge in [-0.1, -0.05) is 18.2 Å². The van der Waals surface area contributed by atoms with Crippen LogP contribution < -0.4 is 10.6 Å². The first-order valence-corrected chi connectivity index (χ1v) is 11.2. The van der Waals surface area contributed by atoms with E-state index >= 15 is 0 Å². The summed E-state index contributed by atoms with van der Waals surface area (Å²) in [7, 11) is -1.57. The van der Waals surface area contributed by atoms with Gasteiger partial charge in [-0.2, -0.15) is 4.31 Å². The van der Waals surface area contributed by atoms with E-state index < -0.39 is 10.0 Å². The van der Waals surface area contributed by atoms with Gasteiger partial charge in [0.25, 0.3) is 0 Å². The molecule has 0 bridgehead atoms. The van der Waals surface area contributed by atoms with Crippen molar-refractivity contribution in [3.63, 3.8) is 0 Å². The number of aliphatic imine (C=N–C) groups is 1. The lowest BCUT2D eigenvalue weighted by molar-refractivity contribution is 0.0730. The lowest BCUT2D eigenvalue weighted by Crippen LogP contribution is -2.45. The van der Waals surface area contributed by atoms with Crippen molar-refractivity contribution in [1.82, 2.24) is 19.5 Å². The first-order valence-electron chi connectivity index (χ1n) is 9.64. The van der Waals surface area contributed by atoms with Crippen molar-refractivity contribution < 1.29 is 13.2 Å². The summed E-state index contributed by atoms with van der Waals surface area (Å²) < 4.78 is 33.6. The summed E-state index contributed by atoms with van der Waals surface area (Å²) in [6, 6.07) is 10.5. The van der Waals surface area contributed by atoms with Crippen LogP contribution in [-0.4, -0.2) is 75.4 Å². The molecule has 1 saturated heterocycles. The number of rotatable bonds is 8. The van der Waals surface area contributed by atoms with Crippen molar-refractivity contribution in [2.45, 2.75) is 13.0 Å². The van der Waals surface area contributed by atoms with Gasteiger partial charge in [-0.15, -0.1) is 0 Å². The maximum Gasteiger partial charge on any atom is 0.215 e. The van der Waals surface area contributed by atoms with Crippen molar-refractivity contribution in [1.29, 1.82) is 0 Å². The highest BCUT2D eigenvalue weighted by atomic mass is 32.2. The zero-order chi connectivity index (χ0) is 19.8. The number of aryl methyl sites for hydroxylation is 1. The Labute approximate surface area is 166 Å². The first kappa shape index (κ1) is 20.6. The van der Waals surface area contributed by atoms with Crippen LogP contribution in [0.2, 0.25) is 0 Å². The zero-order valence-corrected chi connectivity index (χ0v) is 17.1. The first-order chi connectivity index (χ1) is 13.6. The van der Waals surface area contributed by atoms with Crippen LogP contribution >= 0.6 is 0 Å². The fraction of sp³-hybridized carbons (Fsp3) is 0.526. The number of aromatic nitrogens is 1. The molecule has 1 fully saturated rings. The average molecular weight is 408 g/mol. The number of benzene rings is 1. The van der Waals surface area contributed by atoms with E-state index in [0.717, 1.165) is 19.5 Å². The second kappa shape index (κ2) is 9.90. The van der Waals surface area contributed by atoms with Crippen molar-refractivity contribution in [2.75, 3.05) is 52.2 Å². The van der Waals surface area contributed by atoms with Crippen molar-refractivity contribution in [3.05, 3.63) is 36.5 Å². The van der Waals surface area contributed by atoms with Gasteiger partial charge in [-0.05, 0) is 23.9 Å². The van der Waals surface area contributed by atoms with Gasteiger partial charge in [0.2, 0.25) is 10.0 Å². The van der Waals surface area contributed by atoms with E-state index in [1.54, 1.807) is 7.05 Å². The summed E-state index contributed by atoms with van der Waals surface area (Å²) in [6.07, 6.45) is 3.04. The number of morpholine rings is 1. The zero-order valence-electron chi connectivity index (χ0n) is 16.3. The van der Waals surface area contributed by atoms with Crippen LogP contribution in [0, 0.1) is 0 Å². The predicted molar refractivity (Wildman–Crippen MR) is 112 cm³/mol. The number of guanidine groups is 1. The van der Waals surface area contributed by atoms with Gasteiger partial charge in [0, 0.05) is 51.5 Å². The van der Waals surface area contributed by atoms with Crippen LogP contribution in [0.1, 0.15) is 6.42 Å². The predicted octanol–water partition coefficient (Wildman–Crippen LogP) is 0.858. The molecule has 2 heterocycles. The van der Waals surface area contributed by atoms with Crippen molar-refractivity contribution >= 4 is 26.9 Å². The van der Waals surface area contributed by atoms with Gasteiger partial charge in [-0.25, -0.2) is 8.42 Å². The Morgan fingerprint density at radius 2 is 1.89 bits per heavy atom. The smallest absolute Gasteiger partial charge is 0.215 e. The molecule has 1 aromatic carbocycles. The van der Waals surface area contributed by atoms with Crippen LogP contribution in [-0.2, 0) is 21.3 Å². The number of sulfonamides is 1. The second-order valence-corrected chi connectivity index (χ2v) is 8.76. The third-order valence-electron chi connectivity index (χ3n) is 4.79. The highest BCUT2D eigenvalue weighted by Gasteiger charge is 2.23.